The SMILES string of the molecule is COc1ccc(-c2n[nH]c(-c3ccc(C)cc3)c2-c2ccc(F)cc2)cc1. The van der Waals surface area contributed by atoms with Gasteiger partial charge in [-0.2, -0.15) is 5.10 Å². The molecule has 1 heterocycles. The average molecular weight is 358 g/mol. The van der Waals surface area contributed by atoms with E-state index in [0.717, 1.165) is 39.4 Å². The molecule has 27 heavy (non-hydrogen) atoms. The minimum absolute atomic E-state index is 0.259. The summed E-state index contributed by atoms with van der Waals surface area (Å²) >= 11 is 0. The molecule has 0 unspecified atom stereocenters. The van der Waals surface area contributed by atoms with Crippen molar-refractivity contribution in [2.75, 3.05) is 7.11 Å². The number of rotatable bonds is 4. The van der Waals surface area contributed by atoms with Gasteiger partial charge >= 0.3 is 0 Å². The van der Waals surface area contributed by atoms with Crippen molar-refractivity contribution in [1.29, 1.82) is 0 Å². The molecule has 0 bridgehead atoms. The van der Waals surface area contributed by atoms with Crippen LogP contribution in [0.5, 0.6) is 5.75 Å². The molecule has 0 saturated heterocycles. The van der Waals surface area contributed by atoms with Crippen LogP contribution in [-0.4, -0.2) is 17.3 Å². The monoisotopic (exact) mass is 358 g/mol. The predicted octanol–water partition coefficient (Wildman–Crippen LogP) is 5.87. The number of nitrogens with zero attached hydrogens (tertiary/aromatic N) is 1. The second-order valence-electron chi connectivity index (χ2n) is 6.42. The first-order valence-corrected chi connectivity index (χ1v) is 8.71. The van der Waals surface area contributed by atoms with Crippen molar-refractivity contribution in [2.24, 2.45) is 0 Å². The van der Waals surface area contributed by atoms with Gasteiger partial charge in [-0.3, -0.25) is 5.10 Å². The first kappa shape index (κ1) is 17.0. The molecule has 0 spiro atoms. The standard InChI is InChI=1S/C23H19FN2O/c1-15-3-5-17(6-4-15)22-21(16-7-11-19(24)12-8-16)23(26-25-22)18-9-13-20(27-2)14-10-18/h3-14H,1-2H3,(H,25,26). The first-order valence-electron chi connectivity index (χ1n) is 8.71. The lowest BCUT2D eigenvalue weighted by atomic mass is 9.95. The molecular weight excluding hydrogens is 339 g/mol. The fourth-order valence-electron chi connectivity index (χ4n) is 3.13. The van der Waals surface area contributed by atoms with E-state index in [9.17, 15) is 4.39 Å². The van der Waals surface area contributed by atoms with E-state index in [-0.39, 0.29) is 5.82 Å². The van der Waals surface area contributed by atoms with Crippen molar-refractivity contribution >= 4 is 0 Å². The van der Waals surface area contributed by atoms with E-state index in [2.05, 4.69) is 41.4 Å². The molecule has 0 atom stereocenters. The molecule has 0 amide bonds. The second kappa shape index (κ2) is 7.08. The van der Waals surface area contributed by atoms with Gasteiger partial charge in [-0.05, 0) is 48.9 Å². The fraction of sp³-hybridized carbons (Fsp3) is 0.0870. The fourth-order valence-corrected chi connectivity index (χ4v) is 3.13. The van der Waals surface area contributed by atoms with Crippen molar-refractivity contribution in [3.05, 3.63) is 84.2 Å². The van der Waals surface area contributed by atoms with Gasteiger partial charge in [0.1, 0.15) is 17.3 Å². The number of halogens is 1. The third-order valence-electron chi connectivity index (χ3n) is 4.60. The molecule has 0 fully saturated rings. The molecular formula is C23H19FN2O. The van der Waals surface area contributed by atoms with Crippen LogP contribution in [0.2, 0.25) is 0 Å². The minimum Gasteiger partial charge on any atom is -0.497 e. The van der Waals surface area contributed by atoms with Crippen LogP contribution in [0.25, 0.3) is 33.6 Å². The topological polar surface area (TPSA) is 37.9 Å². The van der Waals surface area contributed by atoms with Crippen LogP contribution in [0.15, 0.2) is 72.8 Å². The van der Waals surface area contributed by atoms with Gasteiger partial charge in [0.05, 0.1) is 12.8 Å². The highest BCUT2D eigenvalue weighted by Gasteiger charge is 2.18. The van der Waals surface area contributed by atoms with Crippen LogP contribution in [-0.2, 0) is 0 Å². The number of hydrogen-bond donors (Lipinski definition) is 1. The Bertz CT molecular complexity index is 1050. The van der Waals surface area contributed by atoms with Crippen LogP contribution < -0.4 is 4.74 Å². The Morgan fingerprint density at radius 1 is 0.778 bits per heavy atom. The molecule has 4 rings (SSSR count). The van der Waals surface area contributed by atoms with E-state index < -0.39 is 0 Å². The van der Waals surface area contributed by atoms with Crippen LogP contribution in [0, 0.1) is 12.7 Å². The van der Waals surface area contributed by atoms with Crippen molar-refractivity contribution in [1.82, 2.24) is 10.2 Å². The summed E-state index contributed by atoms with van der Waals surface area (Å²) in [7, 11) is 1.64. The highest BCUT2D eigenvalue weighted by Crippen LogP contribution is 2.38. The van der Waals surface area contributed by atoms with Gasteiger partial charge < -0.3 is 4.74 Å². The quantitative estimate of drug-likeness (QED) is 0.496. The van der Waals surface area contributed by atoms with Gasteiger partial charge in [-0.1, -0.05) is 42.0 Å². The Morgan fingerprint density at radius 2 is 1.37 bits per heavy atom. The van der Waals surface area contributed by atoms with E-state index >= 15 is 0 Å². The first-order chi connectivity index (χ1) is 13.2. The van der Waals surface area contributed by atoms with Gasteiger partial charge in [0, 0.05) is 16.7 Å². The summed E-state index contributed by atoms with van der Waals surface area (Å²) in [5.74, 6) is 0.529. The molecule has 4 aromatic rings. The van der Waals surface area contributed by atoms with Crippen LogP contribution in [0.4, 0.5) is 4.39 Å². The molecule has 1 aromatic heterocycles. The summed E-state index contributed by atoms with van der Waals surface area (Å²) in [6, 6.07) is 22.5. The number of aromatic nitrogens is 2. The number of hydrogen-bond acceptors (Lipinski definition) is 2. The summed E-state index contributed by atoms with van der Waals surface area (Å²) < 4.78 is 18.7. The number of ether oxygens (including phenoxy) is 1. The summed E-state index contributed by atoms with van der Waals surface area (Å²) in [5, 5.41) is 7.76. The molecule has 1 N–H and O–H groups in total. The lowest BCUT2D eigenvalue weighted by Crippen LogP contribution is -1.87. The highest BCUT2D eigenvalue weighted by molar-refractivity contribution is 5.91. The number of benzene rings is 3. The van der Waals surface area contributed by atoms with Gasteiger partial charge in [0.25, 0.3) is 0 Å². The Kier molecular flexibility index (Phi) is 4.47. The van der Waals surface area contributed by atoms with Gasteiger partial charge in [0.2, 0.25) is 0 Å². The van der Waals surface area contributed by atoms with Gasteiger partial charge in [-0.25, -0.2) is 4.39 Å². The Balaban J connectivity index is 1.90. The van der Waals surface area contributed by atoms with E-state index in [1.165, 1.54) is 17.7 Å². The maximum atomic E-state index is 13.5. The van der Waals surface area contributed by atoms with Gasteiger partial charge in [0.15, 0.2) is 0 Å². The van der Waals surface area contributed by atoms with Gasteiger partial charge in [-0.15, -0.1) is 0 Å². The normalized spacial score (nSPS) is 10.8. The molecule has 0 radical (unpaired) electrons. The molecule has 3 aromatic carbocycles. The summed E-state index contributed by atoms with van der Waals surface area (Å²) in [4.78, 5) is 0. The van der Waals surface area contributed by atoms with E-state index in [1.54, 1.807) is 19.2 Å². The number of aryl methyl sites for hydroxylation is 1. The number of nitrogens with one attached hydrogen (secondary N) is 1. The molecule has 134 valence electrons. The van der Waals surface area contributed by atoms with Crippen molar-refractivity contribution in [3.8, 4) is 39.4 Å². The van der Waals surface area contributed by atoms with Crippen molar-refractivity contribution < 1.29 is 9.13 Å². The molecule has 0 aliphatic rings. The molecule has 0 saturated carbocycles. The maximum absolute atomic E-state index is 13.5. The Labute approximate surface area is 157 Å². The minimum atomic E-state index is -0.259. The lowest BCUT2D eigenvalue weighted by Gasteiger charge is -2.08. The predicted molar refractivity (Wildman–Crippen MR) is 106 cm³/mol. The molecule has 0 aliphatic carbocycles. The van der Waals surface area contributed by atoms with E-state index in [4.69, 9.17) is 4.74 Å². The number of methoxy groups -OCH3 is 1. The Hall–Kier alpha value is -3.40. The van der Waals surface area contributed by atoms with Crippen LogP contribution in [0.1, 0.15) is 5.56 Å². The van der Waals surface area contributed by atoms with Crippen molar-refractivity contribution in [2.45, 2.75) is 6.92 Å². The number of aromatic amines is 1. The second-order valence-corrected chi connectivity index (χ2v) is 6.42. The van der Waals surface area contributed by atoms with E-state index in [0.29, 0.717) is 0 Å². The van der Waals surface area contributed by atoms with Crippen LogP contribution in [0.3, 0.4) is 0 Å². The average Bonchev–Trinajstić information content (AvgIpc) is 3.14. The molecule has 0 aliphatic heterocycles. The summed E-state index contributed by atoms with van der Waals surface area (Å²) in [6.07, 6.45) is 0. The number of H-pyrrole nitrogens is 1. The zero-order chi connectivity index (χ0) is 18.8. The molecule has 3 nitrogen and oxygen atoms in total. The molecule has 4 heteroatoms. The highest BCUT2D eigenvalue weighted by atomic mass is 19.1. The zero-order valence-electron chi connectivity index (χ0n) is 15.2. The zero-order valence-corrected chi connectivity index (χ0v) is 15.2. The summed E-state index contributed by atoms with van der Waals surface area (Å²) in [5.41, 5.74) is 6.77. The van der Waals surface area contributed by atoms with Crippen molar-refractivity contribution in [3.63, 3.8) is 0 Å². The summed E-state index contributed by atoms with van der Waals surface area (Å²) in [6.45, 7) is 2.06. The lowest BCUT2D eigenvalue weighted by molar-refractivity contribution is 0.415. The Morgan fingerprint density at radius 3 is 2.00 bits per heavy atom. The van der Waals surface area contributed by atoms with Crippen LogP contribution >= 0.6 is 0 Å². The van der Waals surface area contributed by atoms with E-state index in [1.807, 2.05) is 24.3 Å². The maximum Gasteiger partial charge on any atom is 0.123 e. The third kappa shape index (κ3) is 3.34. The largest absolute Gasteiger partial charge is 0.497 e. The smallest absolute Gasteiger partial charge is 0.123 e. The third-order valence-corrected chi connectivity index (χ3v) is 4.60.